The van der Waals surface area contributed by atoms with E-state index in [1.54, 1.807) is 18.0 Å². The molecule has 5 nitrogen and oxygen atoms in total. The number of aromatic nitrogens is 2. The number of aliphatic hydroxyl groups is 1. The molecule has 0 aliphatic rings. The third-order valence-electron chi connectivity index (χ3n) is 2.44. The number of halogens is 1. The molecule has 2 N–H and O–H groups in total. The van der Waals surface area contributed by atoms with Gasteiger partial charge in [-0.3, -0.25) is 4.79 Å². The zero-order chi connectivity index (χ0) is 14.3. The highest BCUT2D eigenvalue weighted by Gasteiger charge is 2.10. The van der Waals surface area contributed by atoms with Gasteiger partial charge < -0.3 is 10.4 Å². The van der Waals surface area contributed by atoms with Gasteiger partial charge in [-0.25, -0.2) is 4.68 Å². The molecule has 0 saturated heterocycles. The fourth-order valence-corrected chi connectivity index (χ4v) is 2.67. The van der Waals surface area contributed by atoms with Crippen LogP contribution in [0.15, 0.2) is 15.5 Å². The summed E-state index contributed by atoms with van der Waals surface area (Å²) in [6.45, 7) is 4.85. The van der Waals surface area contributed by atoms with Crippen molar-refractivity contribution in [3.05, 3.63) is 21.0 Å². The topological polar surface area (TPSA) is 67.2 Å². The van der Waals surface area contributed by atoms with Crippen molar-refractivity contribution in [3.63, 3.8) is 0 Å². The lowest BCUT2D eigenvalue weighted by Crippen LogP contribution is -2.26. The lowest BCUT2D eigenvalue weighted by atomic mass is 10.4. The van der Waals surface area contributed by atoms with Gasteiger partial charge in [0.25, 0.3) is 5.56 Å². The maximum atomic E-state index is 12.0. The van der Waals surface area contributed by atoms with Crippen LogP contribution in [0.2, 0.25) is 0 Å². The Kier molecular flexibility index (Phi) is 7.48. The second-order valence-electron chi connectivity index (χ2n) is 4.33. The van der Waals surface area contributed by atoms with E-state index in [2.05, 4.69) is 26.3 Å². The van der Waals surface area contributed by atoms with Crippen LogP contribution in [-0.2, 0) is 0 Å². The molecule has 1 heterocycles. The number of hydrogen-bond acceptors (Lipinski definition) is 5. The number of hydrogen-bond donors (Lipinski definition) is 2. The van der Waals surface area contributed by atoms with Crippen molar-refractivity contribution in [1.82, 2.24) is 9.78 Å². The molecular weight excluding hydrogens is 330 g/mol. The van der Waals surface area contributed by atoms with Crippen LogP contribution in [0.25, 0.3) is 0 Å². The van der Waals surface area contributed by atoms with Crippen LogP contribution in [0, 0.1) is 0 Å². The monoisotopic (exact) mass is 349 g/mol. The van der Waals surface area contributed by atoms with Crippen LogP contribution in [0.1, 0.15) is 26.3 Å². The van der Waals surface area contributed by atoms with Crippen molar-refractivity contribution < 1.29 is 5.11 Å². The summed E-state index contributed by atoms with van der Waals surface area (Å²) in [6.07, 6.45) is 2.49. The first-order chi connectivity index (χ1) is 9.07. The van der Waals surface area contributed by atoms with Crippen molar-refractivity contribution in [3.8, 4) is 0 Å². The molecule has 0 fully saturated rings. The number of thioether (sulfide) groups is 1. The Hall–Kier alpha value is -0.530. The lowest BCUT2D eigenvalue weighted by molar-refractivity contribution is 0.296. The van der Waals surface area contributed by atoms with E-state index in [-0.39, 0.29) is 18.2 Å². The smallest absolute Gasteiger partial charge is 0.283 e. The number of aliphatic hydroxyl groups excluding tert-OH is 1. The molecule has 0 aromatic carbocycles. The van der Waals surface area contributed by atoms with Gasteiger partial charge in [-0.05, 0) is 42.0 Å². The molecule has 19 heavy (non-hydrogen) atoms. The predicted octanol–water partition coefficient (Wildman–Crippen LogP) is 2.11. The Morgan fingerprint density at radius 2 is 2.26 bits per heavy atom. The quantitative estimate of drug-likeness (QED) is 0.703. The summed E-state index contributed by atoms with van der Waals surface area (Å²) in [4.78, 5) is 12.0. The van der Waals surface area contributed by atoms with Crippen molar-refractivity contribution >= 4 is 33.4 Å². The van der Waals surface area contributed by atoms with Crippen molar-refractivity contribution in [2.24, 2.45) is 0 Å². The average Bonchev–Trinajstić information content (AvgIpc) is 2.38. The van der Waals surface area contributed by atoms with E-state index < -0.39 is 0 Å². The molecule has 0 unspecified atom stereocenters. The maximum absolute atomic E-state index is 12.0. The van der Waals surface area contributed by atoms with Crippen LogP contribution in [0.5, 0.6) is 0 Å². The van der Waals surface area contributed by atoms with Crippen molar-refractivity contribution in [1.29, 1.82) is 0 Å². The van der Waals surface area contributed by atoms with Crippen LogP contribution in [0.4, 0.5) is 5.69 Å². The third kappa shape index (κ3) is 5.16. The van der Waals surface area contributed by atoms with E-state index in [4.69, 9.17) is 5.11 Å². The zero-order valence-electron chi connectivity index (χ0n) is 11.2. The normalized spacial score (nSPS) is 11.0. The fraction of sp³-hybridized carbons (Fsp3) is 0.667. The van der Waals surface area contributed by atoms with Gasteiger partial charge in [0.05, 0.1) is 17.9 Å². The van der Waals surface area contributed by atoms with Crippen molar-refractivity contribution in [2.75, 3.05) is 30.0 Å². The number of nitrogens with zero attached hydrogens (tertiary/aromatic N) is 2. The molecule has 0 aliphatic heterocycles. The lowest BCUT2D eigenvalue weighted by Gasteiger charge is -2.12. The van der Waals surface area contributed by atoms with Crippen molar-refractivity contribution in [2.45, 2.75) is 26.3 Å². The molecule has 0 aliphatic carbocycles. The van der Waals surface area contributed by atoms with E-state index >= 15 is 0 Å². The first-order valence-corrected chi connectivity index (χ1v) is 8.22. The van der Waals surface area contributed by atoms with Gasteiger partial charge in [-0.2, -0.15) is 16.9 Å². The number of anilines is 1. The highest BCUT2D eigenvalue weighted by molar-refractivity contribution is 9.10. The molecule has 108 valence electrons. The van der Waals surface area contributed by atoms with E-state index in [9.17, 15) is 4.79 Å². The first kappa shape index (κ1) is 16.5. The third-order valence-corrected chi connectivity index (χ3v) is 4.28. The van der Waals surface area contributed by atoms with E-state index in [1.165, 1.54) is 4.68 Å². The van der Waals surface area contributed by atoms with Gasteiger partial charge in [-0.1, -0.05) is 0 Å². The van der Waals surface area contributed by atoms with Crippen LogP contribution in [-0.4, -0.2) is 39.5 Å². The first-order valence-electron chi connectivity index (χ1n) is 6.27. The van der Waals surface area contributed by atoms with E-state index in [1.807, 2.05) is 13.8 Å². The molecule has 7 heteroatoms. The van der Waals surface area contributed by atoms with Gasteiger partial charge in [0.2, 0.25) is 0 Å². The summed E-state index contributed by atoms with van der Waals surface area (Å²) in [5.74, 6) is 1.88. The average molecular weight is 350 g/mol. The van der Waals surface area contributed by atoms with E-state index in [0.29, 0.717) is 4.47 Å². The Balaban J connectivity index is 2.51. The maximum Gasteiger partial charge on any atom is 0.283 e. The molecule has 0 radical (unpaired) electrons. The SMILES string of the molecule is CC(C)n1ncc(NCCSCCCO)c(Br)c1=O. The molecule has 0 bridgehead atoms. The molecule has 1 aromatic rings. The fourth-order valence-electron chi connectivity index (χ4n) is 1.46. The molecule has 0 saturated carbocycles. The molecule has 0 spiro atoms. The highest BCUT2D eigenvalue weighted by Crippen LogP contribution is 2.17. The van der Waals surface area contributed by atoms with Crippen LogP contribution >= 0.6 is 27.7 Å². The largest absolute Gasteiger partial charge is 0.396 e. The Bertz CT molecular complexity index is 451. The minimum atomic E-state index is -0.118. The minimum Gasteiger partial charge on any atom is -0.396 e. The predicted molar refractivity (Wildman–Crippen MR) is 84.1 cm³/mol. The summed E-state index contributed by atoms with van der Waals surface area (Å²) in [5, 5.41) is 16.0. The molecule has 1 rings (SSSR count). The molecule has 0 atom stereocenters. The van der Waals surface area contributed by atoms with Crippen LogP contribution in [0.3, 0.4) is 0 Å². The van der Waals surface area contributed by atoms with Crippen LogP contribution < -0.4 is 10.9 Å². The number of rotatable bonds is 8. The molecule has 1 aromatic heterocycles. The van der Waals surface area contributed by atoms with E-state index in [0.717, 1.165) is 30.2 Å². The standard InChI is InChI=1S/C12H20BrN3O2S/c1-9(2)16-12(18)11(13)10(8-15-16)14-4-7-19-6-3-5-17/h8-9,14,17H,3-7H2,1-2H3. The Morgan fingerprint density at radius 1 is 1.53 bits per heavy atom. The summed E-state index contributed by atoms with van der Waals surface area (Å²) in [6, 6.07) is 0.0480. The number of nitrogens with one attached hydrogen (secondary N) is 1. The molecule has 0 amide bonds. The summed E-state index contributed by atoms with van der Waals surface area (Å²) in [7, 11) is 0. The van der Waals surface area contributed by atoms with Gasteiger partial charge in [0.1, 0.15) is 4.47 Å². The second kappa shape index (κ2) is 8.60. The van der Waals surface area contributed by atoms with Gasteiger partial charge in [0.15, 0.2) is 0 Å². The Morgan fingerprint density at radius 3 is 2.89 bits per heavy atom. The minimum absolute atomic E-state index is 0.0480. The van der Waals surface area contributed by atoms with Gasteiger partial charge in [-0.15, -0.1) is 0 Å². The summed E-state index contributed by atoms with van der Waals surface area (Å²) >= 11 is 5.09. The van der Waals surface area contributed by atoms with Gasteiger partial charge >= 0.3 is 0 Å². The summed E-state index contributed by atoms with van der Waals surface area (Å²) < 4.78 is 1.97. The molecular formula is C12H20BrN3O2S. The summed E-state index contributed by atoms with van der Waals surface area (Å²) in [5.41, 5.74) is 0.609. The second-order valence-corrected chi connectivity index (χ2v) is 6.35. The van der Waals surface area contributed by atoms with Gasteiger partial charge in [0, 0.05) is 18.9 Å². The zero-order valence-corrected chi connectivity index (χ0v) is 13.6. The Labute approximate surface area is 125 Å². The highest BCUT2D eigenvalue weighted by atomic mass is 79.9.